The normalized spacial score (nSPS) is 23.8. The Morgan fingerprint density at radius 1 is 1.69 bits per heavy atom. The maximum absolute atomic E-state index is 11.4. The van der Waals surface area contributed by atoms with Crippen molar-refractivity contribution < 1.29 is 4.79 Å². The van der Waals surface area contributed by atoms with Crippen LogP contribution in [0, 0.1) is 5.41 Å². The lowest BCUT2D eigenvalue weighted by Crippen LogP contribution is -2.41. The summed E-state index contributed by atoms with van der Waals surface area (Å²) < 4.78 is 0. The largest absolute Gasteiger partial charge is 0.335 e. The highest BCUT2D eigenvalue weighted by molar-refractivity contribution is 5.74. The van der Waals surface area contributed by atoms with E-state index in [1.807, 2.05) is 0 Å². The third-order valence-corrected chi connectivity index (χ3v) is 2.62. The molecule has 0 aromatic rings. The number of hydrogen-bond acceptors (Lipinski definition) is 2. The first-order chi connectivity index (χ1) is 5.97. The van der Waals surface area contributed by atoms with Gasteiger partial charge in [0.15, 0.2) is 0 Å². The zero-order chi connectivity index (χ0) is 10.1. The fraction of sp³-hybridized carbons (Fsp3) is 0.889. The number of carbonyl (C=O) groups excluding carboxylic acids is 1. The molecule has 4 heteroatoms. The Labute approximate surface area is 79.5 Å². The van der Waals surface area contributed by atoms with Gasteiger partial charge in [-0.15, -0.1) is 0 Å². The first kappa shape index (κ1) is 10.3. The fourth-order valence-corrected chi connectivity index (χ4v) is 1.27. The van der Waals surface area contributed by atoms with E-state index < -0.39 is 0 Å². The average Bonchev–Trinajstić information content (AvgIpc) is 2.59. The first-order valence-electron chi connectivity index (χ1n) is 4.69. The molecule has 1 rings (SSSR count). The van der Waals surface area contributed by atoms with Crippen molar-refractivity contribution in [1.29, 1.82) is 0 Å². The first-order valence-corrected chi connectivity index (χ1v) is 4.69. The second-order valence-electron chi connectivity index (χ2n) is 4.41. The van der Waals surface area contributed by atoms with Gasteiger partial charge in [0.05, 0.1) is 0 Å². The topological polar surface area (TPSA) is 58.4 Å². The highest BCUT2D eigenvalue weighted by atomic mass is 16.2. The standard InChI is InChI=1S/C9H19N3O/c1-9(2)6-7(9)11-8(13)12(3)5-4-10/h7H,4-6,10H2,1-3H3,(H,11,13). The van der Waals surface area contributed by atoms with E-state index in [-0.39, 0.29) is 6.03 Å². The van der Waals surface area contributed by atoms with Gasteiger partial charge in [-0.3, -0.25) is 0 Å². The van der Waals surface area contributed by atoms with Crippen molar-refractivity contribution in [3.8, 4) is 0 Å². The van der Waals surface area contributed by atoms with Crippen LogP contribution in [0.15, 0.2) is 0 Å². The predicted octanol–water partition coefficient (Wildman–Crippen LogP) is 0.385. The van der Waals surface area contributed by atoms with E-state index in [2.05, 4.69) is 19.2 Å². The van der Waals surface area contributed by atoms with E-state index in [0.29, 0.717) is 24.5 Å². The minimum atomic E-state index is -0.0129. The molecule has 1 aliphatic rings. The van der Waals surface area contributed by atoms with Crippen LogP contribution in [0.1, 0.15) is 20.3 Å². The summed E-state index contributed by atoms with van der Waals surface area (Å²) >= 11 is 0. The molecule has 1 unspecified atom stereocenters. The molecule has 0 spiro atoms. The molecule has 0 saturated heterocycles. The molecule has 1 aliphatic carbocycles. The van der Waals surface area contributed by atoms with Crippen LogP contribution in [0.25, 0.3) is 0 Å². The van der Waals surface area contributed by atoms with Gasteiger partial charge in [0.1, 0.15) is 0 Å². The van der Waals surface area contributed by atoms with Crippen molar-refractivity contribution >= 4 is 6.03 Å². The third-order valence-electron chi connectivity index (χ3n) is 2.62. The number of urea groups is 1. The van der Waals surface area contributed by atoms with Crippen LogP contribution in [0.5, 0.6) is 0 Å². The Morgan fingerprint density at radius 2 is 2.23 bits per heavy atom. The quantitative estimate of drug-likeness (QED) is 0.668. The Hall–Kier alpha value is -0.770. The molecule has 0 aromatic heterocycles. The second kappa shape index (κ2) is 3.54. The van der Waals surface area contributed by atoms with Crippen molar-refractivity contribution in [3.05, 3.63) is 0 Å². The number of likely N-dealkylation sites (N-methyl/N-ethyl adjacent to an activating group) is 1. The molecule has 1 atom stereocenters. The summed E-state index contributed by atoms with van der Waals surface area (Å²) in [5.74, 6) is 0. The Kier molecular flexibility index (Phi) is 2.81. The van der Waals surface area contributed by atoms with Crippen molar-refractivity contribution in [1.82, 2.24) is 10.2 Å². The Balaban J connectivity index is 2.26. The van der Waals surface area contributed by atoms with Gasteiger partial charge in [0, 0.05) is 26.2 Å². The van der Waals surface area contributed by atoms with Crippen molar-refractivity contribution in [2.24, 2.45) is 11.1 Å². The van der Waals surface area contributed by atoms with E-state index in [9.17, 15) is 4.79 Å². The van der Waals surface area contributed by atoms with Crippen molar-refractivity contribution in [2.75, 3.05) is 20.1 Å². The average molecular weight is 185 g/mol. The van der Waals surface area contributed by atoms with Crippen LogP contribution in [0.3, 0.4) is 0 Å². The Morgan fingerprint density at radius 3 is 2.62 bits per heavy atom. The third kappa shape index (κ3) is 2.59. The summed E-state index contributed by atoms with van der Waals surface area (Å²) in [6.45, 7) is 5.43. The van der Waals surface area contributed by atoms with Crippen molar-refractivity contribution in [3.63, 3.8) is 0 Å². The molecule has 2 amide bonds. The van der Waals surface area contributed by atoms with Gasteiger partial charge in [-0.1, -0.05) is 13.8 Å². The highest BCUT2D eigenvalue weighted by Gasteiger charge is 2.46. The molecule has 76 valence electrons. The van der Waals surface area contributed by atoms with Gasteiger partial charge < -0.3 is 16.0 Å². The summed E-state index contributed by atoms with van der Waals surface area (Å²) in [4.78, 5) is 13.0. The van der Waals surface area contributed by atoms with Crippen LogP contribution in [-0.4, -0.2) is 37.1 Å². The molecule has 0 radical (unpaired) electrons. The molecule has 0 aromatic carbocycles. The maximum Gasteiger partial charge on any atom is 0.317 e. The Bertz CT molecular complexity index is 203. The van der Waals surface area contributed by atoms with Gasteiger partial charge in [0.25, 0.3) is 0 Å². The fourth-order valence-electron chi connectivity index (χ4n) is 1.27. The molecule has 0 heterocycles. The number of hydrogen-bond donors (Lipinski definition) is 2. The molecular formula is C9H19N3O. The van der Waals surface area contributed by atoms with Crippen LogP contribution in [0.4, 0.5) is 4.79 Å². The number of nitrogens with two attached hydrogens (primary N) is 1. The van der Waals surface area contributed by atoms with Gasteiger partial charge in [-0.05, 0) is 11.8 Å². The zero-order valence-corrected chi connectivity index (χ0v) is 8.63. The van der Waals surface area contributed by atoms with Crippen LogP contribution < -0.4 is 11.1 Å². The van der Waals surface area contributed by atoms with Gasteiger partial charge in [-0.25, -0.2) is 4.79 Å². The maximum atomic E-state index is 11.4. The summed E-state index contributed by atoms with van der Waals surface area (Å²) in [6.07, 6.45) is 1.08. The van der Waals surface area contributed by atoms with Crippen LogP contribution in [-0.2, 0) is 0 Å². The molecule has 3 N–H and O–H groups in total. The van der Waals surface area contributed by atoms with Crippen LogP contribution >= 0.6 is 0 Å². The highest BCUT2D eigenvalue weighted by Crippen LogP contribution is 2.44. The lowest BCUT2D eigenvalue weighted by Gasteiger charge is -2.17. The summed E-state index contributed by atoms with van der Waals surface area (Å²) in [7, 11) is 1.76. The number of rotatable bonds is 3. The molecule has 1 saturated carbocycles. The number of carbonyl (C=O) groups is 1. The minimum Gasteiger partial charge on any atom is -0.335 e. The lowest BCUT2D eigenvalue weighted by molar-refractivity contribution is 0.208. The van der Waals surface area contributed by atoms with Crippen molar-refractivity contribution in [2.45, 2.75) is 26.3 Å². The van der Waals surface area contributed by atoms with E-state index in [0.717, 1.165) is 6.42 Å². The molecule has 4 nitrogen and oxygen atoms in total. The molecule has 0 bridgehead atoms. The van der Waals surface area contributed by atoms with E-state index in [1.54, 1.807) is 11.9 Å². The number of nitrogens with one attached hydrogen (secondary N) is 1. The van der Waals surface area contributed by atoms with Gasteiger partial charge in [0.2, 0.25) is 0 Å². The lowest BCUT2D eigenvalue weighted by atomic mass is 10.2. The summed E-state index contributed by atoms with van der Waals surface area (Å²) in [5, 5.41) is 2.96. The van der Waals surface area contributed by atoms with E-state index in [1.165, 1.54) is 0 Å². The zero-order valence-electron chi connectivity index (χ0n) is 8.63. The number of nitrogens with zero attached hydrogens (tertiary/aromatic N) is 1. The summed E-state index contributed by atoms with van der Waals surface area (Å²) in [5.41, 5.74) is 5.64. The van der Waals surface area contributed by atoms with Crippen LogP contribution in [0.2, 0.25) is 0 Å². The molecule has 1 fully saturated rings. The smallest absolute Gasteiger partial charge is 0.317 e. The predicted molar refractivity (Wildman–Crippen MR) is 52.4 cm³/mol. The summed E-state index contributed by atoms with van der Waals surface area (Å²) in [6, 6.07) is 0.334. The monoisotopic (exact) mass is 185 g/mol. The van der Waals surface area contributed by atoms with Gasteiger partial charge >= 0.3 is 6.03 Å². The van der Waals surface area contributed by atoms with E-state index >= 15 is 0 Å². The number of amides is 2. The molecular weight excluding hydrogens is 166 g/mol. The molecule has 13 heavy (non-hydrogen) atoms. The van der Waals surface area contributed by atoms with E-state index in [4.69, 9.17) is 5.73 Å². The minimum absolute atomic E-state index is 0.0129. The SMILES string of the molecule is CN(CCN)C(=O)NC1CC1(C)C. The molecule has 0 aliphatic heterocycles. The van der Waals surface area contributed by atoms with Gasteiger partial charge in [-0.2, -0.15) is 0 Å². The second-order valence-corrected chi connectivity index (χ2v) is 4.41.